The standard InChI is InChI=1S/C10H7BrF3N3O2S/c11-8-2-1-6(5-7(8)10(12,13)14)17-20(18,19)9-3-4-15-16-9/h1-5,17H,(H,15,16). The normalized spacial score (nSPS) is 12.4. The molecule has 0 radical (unpaired) electrons. The van der Waals surface area contributed by atoms with Crippen LogP contribution in [0.3, 0.4) is 0 Å². The van der Waals surface area contributed by atoms with Gasteiger partial charge in [0.2, 0.25) is 0 Å². The van der Waals surface area contributed by atoms with Gasteiger partial charge in [-0.2, -0.15) is 26.7 Å². The number of hydrogen-bond donors (Lipinski definition) is 2. The summed E-state index contributed by atoms with van der Waals surface area (Å²) in [4.78, 5) is 0. The topological polar surface area (TPSA) is 74.8 Å². The largest absolute Gasteiger partial charge is 0.417 e. The van der Waals surface area contributed by atoms with Crippen LogP contribution in [0.4, 0.5) is 18.9 Å². The molecule has 0 spiro atoms. The van der Waals surface area contributed by atoms with Crippen LogP contribution >= 0.6 is 15.9 Å². The van der Waals surface area contributed by atoms with Crippen LogP contribution in [0.2, 0.25) is 0 Å². The van der Waals surface area contributed by atoms with E-state index in [1.807, 2.05) is 4.72 Å². The molecule has 0 saturated heterocycles. The summed E-state index contributed by atoms with van der Waals surface area (Å²) in [6, 6.07) is 4.23. The molecule has 1 aromatic heterocycles. The first kappa shape index (κ1) is 14.9. The molecule has 0 atom stereocenters. The number of sulfonamides is 1. The molecule has 20 heavy (non-hydrogen) atoms. The molecule has 5 nitrogen and oxygen atoms in total. The smallest absolute Gasteiger partial charge is 0.278 e. The Kier molecular flexibility index (Phi) is 3.78. The molecule has 0 unspecified atom stereocenters. The molecule has 10 heteroatoms. The van der Waals surface area contributed by atoms with Crippen molar-refractivity contribution in [2.75, 3.05) is 4.72 Å². The van der Waals surface area contributed by atoms with E-state index in [9.17, 15) is 21.6 Å². The molecule has 1 aromatic carbocycles. The lowest BCUT2D eigenvalue weighted by Gasteiger charge is -2.12. The van der Waals surface area contributed by atoms with Crippen LogP contribution in [-0.4, -0.2) is 18.6 Å². The Bertz CT molecular complexity index is 714. The molecule has 2 rings (SSSR count). The van der Waals surface area contributed by atoms with Crippen molar-refractivity contribution in [1.29, 1.82) is 0 Å². The summed E-state index contributed by atoms with van der Waals surface area (Å²) < 4.78 is 63.7. The van der Waals surface area contributed by atoms with Gasteiger partial charge in [-0.25, -0.2) is 0 Å². The van der Waals surface area contributed by atoms with Crippen molar-refractivity contribution in [3.05, 3.63) is 40.5 Å². The van der Waals surface area contributed by atoms with Crippen LogP contribution in [0, 0.1) is 0 Å². The second kappa shape index (κ2) is 5.09. The second-order valence-corrected chi connectivity index (χ2v) is 6.22. The maximum Gasteiger partial charge on any atom is 0.417 e. The number of aromatic nitrogens is 2. The van der Waals surface area contributed by atoms with Crippen LogP contribution in [0.1, 0.15) is 5.56 Å². The lowest BCUT2D eigenvalue weighted by molar-refractivity contribution is -0.138. The Morgan fingerprint density at radius 3 is 2.50 bits per heavy atom. The predicted molar refractivity (Wildman–Crippen MR) is 68.5 cm³/mol. The first-order chi connectivity index (χ1) is 9.20. The van der Waals surface area contributed by atoms with E-state index in [1.165, 1.54) is 18.3 Å². The highest BCUT2D eigenvalue weighted by molar-refractivity contribution is 9.10. The fourth-order valence-electron chi connectivity index (χ4n) is 1.41. The van der Waals surface area contributed by atoms with E-state index in [2.05, 4.69) is 26.1 Å². The summed E-state index contributed by atoms with van der Waals surface area (Å²) in [5.74, 6) is 0. The summed E-state index contributed by atoms with van der Waals surface area (Å²) in [5.41, 5.74) is -1.17. The molecule has 0 aliphatic carbocycles. The van der Waals surface area contributed by atoms with Gasteiger partial charge in [0.25, 0.3) is 10.0 Å². The third-order valence-electron chi connectivity index (χ3n) is 2.29. The fraction of sp³-hybridized carbons (Fsp3) is 0.100. The number of anilines is 1. The predicted octanol–water partition coefficient (Wildman–Crippen LogP) is 2.99. The number of benzene rings is 1. The van der Waals surface area contributed by atoms with Crippen LogP contribution in [-0.2, 0) is 16.2 Å². The van der Waals surface area contributed by atoms with E-state index in [0.29, 0.717) is 6.07 Å². The maximum absolute atomic E-state index is 12.7. The molecule has 2 aromatic rings. The minimum atomic E-state index is -4.59. The Labute approximate surface area is 120 Å². The maximum atomic E-state index is 12.7. The molecule has 0 bridgehead atoms. The third kappa shape index (κ3) is 3.12. The highest BCUT2D eigenvalue weighted by Crippen LogP contribution is 2.36. The zero-order valence-corrected chi connectivity index (χ0v) is 12.0. The van der Waals surface area contributed by atoms with E-state index in [4.69, 9.17) is 0 Å². The van der Waals surface area contributed by atoms with Gasteiger partial charge in [0.15, 0.2) is 5.03 Å². The summed E-state index contributed by atoms with van der Waals surface area (Å²) in [7, 11) is -4.00. The molecule has 2 N–H and O–H groups in total. The summed E-state index contributed by atoms with van der Waals surface area (Å²) in [6.07, 6.45) is -3.37. The highest BCUT2D eigenvalue weighted by Gasteiger charge is 2.33. The molecule has 0 amide bonds. The van der Waals surface area contributed by atoms with Gasteiger partial charge in [0.1, 0.15) is 0 Å². The SMILES string of the molecule is O=S(=O)(Nc1ccc(Br)c(C(F)(F)F)c1)c1ccn[nH]1. The number of hydrogen-bond acceptors (Lipinski definition) is 3. The van der Waals surface area contributed by atoms with Gasteiger partial charge in [0, 0.05) is 10.2 Å². The number of nitrogens with one attached hydrogen (secondary N) is 2. The van der Waals surface area contributed by atoms with Crippen molar-refractivity contribution in [2.45, 2.75) is 11.2 Å². The minimum absolute atomic E-state index is 0.172. The van der Waals surface area contributed by atoms with Crippen LogP contribution in [0.25, 0.3) is 0 Å². The zero-order chi connectivity index (χ0) is 15.0. The Morgan fingerprint density at radius 1 is 1.25 bits per heavy atom. The van der Waals surface area contributed by atoms with Gasteiger partial charge < -0.3 is 0 Å². The average molecular weight is 370 g/mol. The van der Waals surface area contributed by atoms with Crippen LogP contribution in [0.5, 0.6) is 0 Å². The van der Waals surface area contributed by atoms with E-state index in [-0.39, 0.29) is 15.2 Å². The van der Waals surface area contributed by atoms with Crippen LogP contribution in [0.15, 0.2) is 40.0 Å². The molecule has 0 aliphatic heterocycles. The number of halogens is 4. The van der Waals surface area contributed by atoms with Gasteiger partial charge in [-0.1, -0.05) is 15.9 Å². The first-order valence-corrected chi connectivity index (χ1v) is 7.37. The zero-order valence-electron chi connectivity index (χ0n) is 9.57. The molecule has 0 fully saturated rings. The first-order valence-electron chi connectivity index (χ1n) is 5.09. The minimum Gasteiger partial charge on any atom is -0.278 e. The van der Waals surface area contributed by atoms with Gasteiger partial charge in [-0.05, 0) is 24.3 Å². The molecule has 0 aliphatic rings. The molecular weight excluding hydrogens is 363 g/mol. The lowest BCUT2D eigenvalue weighted by atomic mass is 10.2. The van der Waals surface area contributed by atoms with E-state index < -0.39 is 21.8 Å². The van der Waals surface area contributed by atoms with Crippen molar-refractivity contribution < 1.29 is 21.6 Å². The number of alkyl halides is 3. The van der Waals surface area contributed by atoms with Crippen molar-refractivity contribution >= 4 is 31.6 Å². The molecule has 0 saturated carbocycles. The lowest BCUT2D eigenvalue weighted by Crippen LogP contribution is -2.14. The van der Waals surface area contributed by atoms with Gasteiger partial charge in [0.05, 0.1) is 11.8 Å². The van der Waals surface area contributed by atoms with Crippen molar-refractivity contribution in [3.63, 3.8) is 0 Å². The Hall–Kier alpha value is -1.55. The van der Waals surface area contributed by atoms with Crippen molar-refractivity contribution in [2.24, 2.45) is 0 Å². The Morgan fingerprint density at radius 2 is 1.95 bits per heavy atom. The van der Waals surface area contributed by atoms with Crippen LogP contribution < -0.4 is 4.72 Å². The van der Waals surface area contributed by atoms with E-state index in [0.717, 1.165) is 6.07 Å². The third-order valence-corrected chi connectivity index (χ3v) is 4.29. The van der Waals surface area contributed by atoms with Gasteiger partial charge >= 0.3 is 6.18 Å². The average Bonchev–Trinajstić information content (AvgIpc) is 2.84. The molecular formula is C10H7BrF3N3O2S. The summed E-state index contributed by atoms with van der Waals surface area (Å²) in [6.45, 7) is 0. The van der Waals surface area contributed by atoms with E-state index in [1.54, 1.807) is 0 Å². The summed E-state index contributed by atoms with van der Waals surface area (Å²) in [5, 5.41) is 5.45. The van der Waals surface area contributed by atoms with Crippen molar-refractivity contribution in [3.8, 4) is 0 Å². The number of nitrogens with zero attached hydrogens (tertiary/aromatic N) is 1. The molecule has 1 heterocycles. The monoisotopic (exact) mass is 369 g/mol. The highest BCUT2D eigenvalue weighted by atomic mass is 79.9. The van der Waals surface area contributed by atoms with Crippen molar-refractivity contribution in [1.82, 2.24) is 10.2 Å². The van der Waals surface area contributed by atoms with Gasteiger partial charge in [-0.15, -0.1) is 0 Å². The fourth-order valence-corrected chi connectivity index (χ4v) is 2.84. The molecule has 108 valence electrons. The second-order valence-electron chi connectivity index (χ2n) is 3.72. The number of aromatic amines is 1. The quantitative estimate of drug-likeness (QED) is 0.873. The van der Waals surface area contributed by atoms with E-state index >= 15 is 0 Å². The number of H-pyrrole nitrogens is 1. The Balaban J connectivity index is 2.36. The number of rotatable bonds is 3. The summed E-state index contributed by atoms with van der Waals surface area (Å²) >= 11 is 2.77. The van der Waals surface area contributed by atoms with Gasteiger partial charge in [-0.3, -0.25) is 9.82 Å².